The van der Waals surface area contributed by atoms with Crippen molar-refractivity contribution in [2.75, 3.05) is 26.2 Å². The monoisotopic (exact) mass is 343 g/mol. The lowest BCUT2D eigenvalue weighted by Gasteiger charge is -2.34. The summed E-state index contributed by atoms with van der Waals surface area (Å²) in [4.78, 5) is 19.5. The summed E-state index contributed by atoms with van der Waals surface area (Å²) in [6, 6.07) is 9.36. The zero-order valence-corrected chi connectivity index (χ0v) is 14.3. The van der Waals surface area contributed by atoms with Crippen LogP contribution in [0.15, 0.2) is 36.5 Å². The molecule has 6 heteroatoms. The van der Waals surface area contributed by atoms with Crippen LogP contribution in [0.5, 0.6) is 0 Å². The molecule has 25 heavy (non-hydrogen) atoms. The molecule has 1 aromatic heterocycles. The van der Waals surface area contributed by atoms with E-state index >= 15 is 0 Å². The normalized spacial score (nSPS) is 15.4. The number of aliphatic hydroxyl groups is 1. The van der Waals surface area contributed by atoms with Crippen LogP contribution in [0.25, 0.3) is 11.1 Å². The van der Waals surface area contributed by atoms with E-state index in [9.17, 15) is 9.18 Å². The first-order chi connectivity index (χ1) is 12.1. The van der Waals surface area contributed by atoms with Crippen molar-refractivity contribution in [2.45, 2.75) is 20.1 Å². The van der Waals surface area contributed by atoms with Crippen LogP contribution in [-0.2, 0) is 17.9 Å². The topological polar surface area (TPSA) is 56.7 Å². The molecule has 1 aliphatic heterocycles. The Kier molecular flexibility index (Phi) is 5.40. The van der Waals surface area contributed by atoms with Gasteiger partial charge in [0.2, 0.25) is 5.91 Å². The molecule has 0 atom stereocenters. The first-order valence-electron chi connectivity index (χ1n) is 8.39. The average molecular weight is 343 g/mol. The molecular weight excluding hydrogens is 321 g/mol. The summed E-state index contributed by atoms with van der Waals surface area (Å²) in [7, 11) is 0. The number of hydrogen-bond donors (Lipinski definition) is 1. The number of piperazine rings is 1. The highest BCUT2D eigenvalue weighted by Gasteiger charge is 2.18. The van der Waals surface area contributed by atoms with Crippen LogP contribution in [-0.4, -0.2) is 52.0 Å². The Labute approximate surface area is 146 Å². The van der Waals surface area contributed by atoms with Crippen molar-refractivity contribution in [3.8, 4) is 11.1 Å². The molecule has 1 saturated heterocycles. The molecule has 0 spiro atoms. The zero-order chi connectivity index (χ0) is 17.8. The number of hydrogen-bond acceptors (Lipinski definition) is 4. The highest BCUT2D eigenvalue weighted by Crippen LogP contribution is 2.22. The van der Waals surface area contributed by atoms with Gasteiger partial charge in [0.05, 0.1) is 6.61 Å². The number of aliphatic hydroxyl groups excluding tert-OH is 1. The summed E-state index contributed by atoms with van der Waals surface area (Å²) in [5, 5.41) is 9.03. The maximum absolute atomic E-state index is 13.8. The molecular formula is C19H22FN3O2. The molecule has 0 unspecified atom stereocenters. The number of halogens is 1. The van der Waals surface area contributed by atoms with E-state index in [4.69, 9.17) is 5.11 Å². The van der Waals surface area contributed by atoms with E-state index in [-0.39, 0.29) is 11.6 Å². The summed E-state index contributed by atoms with van der Waals surface area (Å²) < 4.78 is 13.8. The molecule has 5 nitrogen and oxygen atoms in total. The van der Waals surface area contributed by atoms with Crippen LogP contribution >= 0.6 is 0 Å². The zero-order valence-electron chi connectivity index (χ0n) is 14.3. The first-order valence-corrected chi connectivity index (χ1v) is 8.39. The summed E-state index contributed by atoms with van der Waals surface area (Å²) in [6.07, 6.45) is 1.58. The fourth-order valence-corrected chi connectivity index (χ4v) is 3.07. The van der Waals surface area contributed by atoms with Crippen molar-refractivity contribution in [2.24, 2.45) is 0 Å². The van der Waals surface area contributed by atoms with Crippen molar-refractivity contribution in [1.29, 1.82) is 0 Å². The molecule has 0 radical (unpaired) electrons. The molecule has 0 bridgehead atoms. The van der Waals surface area contributed by atoms with Gasteiger partial charge in [-0.15, -0.1) is 0 Å². The molecule has 1 amide bonds. The van der Waals surface area contributed by atoms with Crippen molar-refractivity contribution >= 4 is 5.91 Å². The minimum atomic E-state index is -0.495. The van der Waals surface area contributed by atoms with E-state index in [1.54, 1.807) is 13.1 Å². The smallest absolute Gasteiger partial charge is 0.219 e. The van der Waals surface area contributed by atoms with Gasteiger partial charge in [-0.25, -0.2) is 4.39 Å². The van der Waals surface area contributed by atoms with Crippen LogP contribution in [0.3, 0.4) is 0 Å². The summed E-state index contributed by atoms with van der Waals surface area (Å²) in [6.45, 7) is 5.22. The van der Waals surface area contributed by atoms with E-state index < -0.39 is 12.4 Å². The Morgan fingerprint density at radius 2 is 1.96 bits per heavy atom. The van der Waals surface area contributed by atoms with E-state index in [0.29, 0.717) is 5.56 Å². The Hall–Kier alpha value is -2.31. The third-order valence-electron chi connectivity index (χ3n) is 4.55. The van der Waals surface area contributed by atoms with Crippen LogP contribution in [0.1, 0.15) is 18.2 Å². The van der Waals surface area contributed by atoms with Gasteiger partial charge in [-0.2, -0.15) is 0 Å². The van der Waals surface area contributed by atoms with E-state index in [0.717, 1.165) is 43.9 Å². The lowest BCUT2D eigenvalue weighted by Crippen LogP contribution is -2.47. The van der Waals surface area contributed by atoms with Crippen molar-refractivity contribution in [3.05, 3.63) is 53.6 Å². The minimum Gasteiger partial charge on any atom is -0.390 e. The van der Waals surface area contributed by atoms with Gasteiger partial charge in [0.15, 0.2) is 0 Å². The molecule has 0 aliphatic carbocycles. The maximum atomic E-state index is 13.8. The van der Waals surface area contributed by atoms with Gasteiger partial charge in [-0.05, 0) is 23.3 Å². The standard InChI is InChI=1S/C19H22FN3O2/c1-14(25)23-7-5-22(6-8-23)12-15-3-2-4-16(9-15)17-10-18(20)19(13-24)21-11-17/h2-4,9-11,24H,5-8,12-13H2,1H3. The van der Waals surface area contributed by atoms with Gasteiger partial charge >= 0.3 is 0 Å². The van der Waals surface area contributed by atoms with Crippen molar-refractivity contribution in [1.82, 2.24) is 14.8 Å². The van der Waals surface area contributed by atoms with Gasteiger partial charge in [0, 0.05) is 51.4 Å². The molecule has 0 saturated carbocycles. The average Bonchev–Trinajstić information content (AvgIpc) is 2.62. The predicted molar refractivity (Wildman–Crippen MR) is 93.1 cm³/mol. The fourth-order valence-electron chi connectivity index (χ4n) is 3.07. The molecule has 132 valence electrons. The Balaban J connectivity index is 1.70. The molecule has 1 fully saturated rings. The molecule has 1 aliphatic rings. The van der Waals surface area contributed by atoms with Gasteiger partial charge < -0.3 is 10.0 Å². The number of aromatic nitrogens is 1. The molecule has 3 rings (SSSR count). The van der Waals surface area contributed by atoms with Crippen LogP contribution in [0.2, 0.25) is 0 Å². The highest BCUT2D eigenvalue weighted by atomic mass is 19.1. The highest BCUT2D eigenvalue weighted by molar-refractivity contribution is 5.73. The van der Waals surface area contributed by atoms with Crippen LogP contribution < -0.4 is 0 Å². The maximum Gasteiger partial charge on any atom is 0.219 e. The van der Waals surface area contributed by atoms with Crippen molar-refractivity contribution in [3.63, 3.8) is 0 Å². The number of rotatable bonds is 4. The summed E-state index contributed by atoms with van der Waals surface area (Å²) in [5.74, 6) is -0.367. The lowest BCUT2D eigenvalue weighted by atomic mass is 10.0. The second-order valence-corrected chi connectivity index (χ2v) is 6.29. The van der Waals surface area contributed by atoms with E-state index in [1.807, 2.05) is 29.2 Å². The van der Waals surface area contributed by atoms with Gasteiger partial charge in [0.1, 0.15) is 11.5 Å². The molecule has 1 N–H and O–H groups in total. The van der Waals surface area contributed by atoms with E-state index in [1.165, 1.54) is 6.07 Å². The number of nitrogens with zero attached hydrogens (tertiary/aromatic N) is 3. The molecule has 2 aromatic rings. The molecule has 1 aromatic carbocycles. The Morgan fingerprint density at radius 3 is 2.60 bits per heavy atom. The van der Waals surface area contributed by atoms with Gasteiger partial charge in [-0.1, -0.05) is 18.2 Å². The number of carbonyl (C=O) groups is 1. The molecule has 2 heterocycles. The predicted octanol–water partition coefficient (Wildman–Crippen LogP) is 2.04. The van der Waals surface area contributed by atoms with Crippen LogP contribution in [0, 0.1) is 5.82 Å². The van der Waals surface area contributed by atoms with E-state index in [2.05, 4.69) is 9.88 Å². The Morgan fingerprint density at radius 1 is 1.20 bits per heavy atom. The third kappa shape index (κ3) is 4.21. The third-order valence-corrected chi connectivity index (χ3v) is 4.55. The Bertz CT molecular complexity index is 758. The SMILES string of the molecule is CC(=O)N1CCN(Cc2cccc(-c3cnc(CO)c(F)c3)c2)CC1. The quantitative estimate of drug-likeness (QED) is 0.923. The first kappa shape index (κ1) is 17.5. The number of carbonyl (C=O) groups excluding carboxylic acids is 1. The summed E-state index contributed by atoms with van der Waals surface area (Å²) >= 11 is 0. The van der Waals surface area contributed by atoms with Crippen molar-refractivity contribution < 1.29 is 14.3 Å². The second kappa shape index (κ2) is 7.72. The van der Waals surface area contributed by atoms with Gasteiger partial charge in [0.25, 0.3) is 0 Å². The number of amides is 1. The summed E-state index contributed by atoms with van der Waals surface area (Å²) in [5.41, 5.74) is 2.79. The number of benzene rings is 1. The van der Waals surface area contributed by atoms with Gasteiger partial charge in [-0.3, -0.25) is 14.7 Å². The second-order valence-electron chi connectivity index (χ2n) is 6.29. The number of pyridine rings is 1. The largest absolute Gasteiger partial charge is 0.390 e. The fraction of sp³-hybridized carbons (Fsp3) is 0.368. The van der Waals surface area contributed by atoms with Crippen LogP contribution in [0.4, 0.5) is 4.39 Å². The minimum absolute atomic E-state index is 0.0586. The lowest BCUT2D eigenvalue weighted by molar-refractivity contribution is -0.130.